The molecule has 25 heavy (non-hydrogen) atoms. The molecule has 0 aliphatic carbocycles. The van der Waals surface area contributed by atoms with Crippen LogP contribution in [0.15, 0.2) is 30.3 Å². The fraction of sp³-hybridized carbons (Fsp3) is 0.353. The third-order valence-electron chi connectivity index (χ3n) is 4.28. The van der Waals surface area contributed by atoms with Crippen molar-refractivity contribution in [3.8, 4) is 11.3 Å². The number of carbonyl (C=O) groups excluding carboxylic acids is 1. The number of halogens is 1. The van der Waals surface area contributed by atoms with Gasteiger partial charge < -0.3 is 15.2 Å². The Bertz CT molecular complexity index is 766. The maximum absolute atomic E-state index is 12.6. The predicted molar refractivity (Wildman–Crippen MR) is 91.5 cm³/mol. The van der Waals surface area contributed by atoms with Gasteiger partial charge in [0.2, 0.25) is 0 Å². The number of hydrogen-bond donors (Lipinski definition) is 3. The van der Waals surface area contributed by atoms with Crippen LogP contribution < -0.4 is 5.32 Å². The number of amides is 1. The number of ether oxygens (including phenoxy) is 1. The zero-order valence-corrected chi connectivity index (χ0v) is 14.2. The number of carbonyl (C=O) groups is 2. The molecule has 0 atom stereocenters. The van der Waals surface area contributed by atoms with Crippen LogP contribution in [0.2, 0.25) is 5.02 Å². The second-order valence-electron chi connectivity index (χ2n) is 6.09. The zero-order chi connectivity index (χ0) is 17.9. The number of rotatable bonds is 5. The Hall–Kier alpha value is -2.38. The SMILES string of the molecule is O=C(O)CC1(NC(=O)c2cc(-c3ccc(Cl)cc3)n[nH]2)CCOCC1. The van der Waals surface area contributed by atoms with E-state index >= 15 is 0 Å². The van der Waals surface area contributed by atoms with E-state index in [4.69, 9.17) is 21.4 Å². The van der Waals surface area contributed by atoms with E-state index in [0.29, 0.717) is 36.8 Å². The Morgan fingerprint density at radius 3 is 2.60 bits per heavy atom. The van der Waals surface area contributed by atoms with Gasteiger partial charge in [-0.15, -0.1) is 0 Å². The van der Waals surface area contributed by atoms with Crippen molar-refractivity contribution in [2.24, 2.45) is 0 Å². The number of H-pyrrole nitrogens is 1. The number of aliphatic carboxylic acids is 1. The summed E-state index contributed by atoms with van der Waals surface area (Å²) in [6.07, 6.45) is 0.784. The van der Waals surface area contributed by atoms with E-state index in [2.05, 4.69) is 15.5 Å². The molecule has 1 saturated heterocycles. The first-order chi connectivity index (χ1) is 12.0. The summed E-state index contributed by atoms with van der Waals surface area (Å²) in [5, 5.41) is 19.5. The molecule has 3 N–H and O–H groups in total. The molecule has 1 aliphatic heterocycles. The van der Waals surface area contributed by atoms with Crippen LogP contribution in [0.3, 0.4) is 0 Å². The highest BCUT2D eigenvalue weighted by Crippen LogP contribution is 2.26. The summed E-state index contributed by atoms with van der Waals surface area (Å²) >= 11 is 5.87. The van der Waals surface area contributed by atoms with Gasteiger partial charge in [-0.25, -0.2) is 0 Å². The molecule has 3 rings (SSSR count). The average molecular weight is 364 g/mol. The van der Waals surface area contributed by atoms with E-state index < -0.39 is 11.5 Å². The molecule has 8 heteroatoms. The lowest BCUT2D eigenvalue weighted by molar-refractivity contribution is -0.139. The highest BCUT2D eigenvalue weighted by Gasteiger charge is 2.37. The van der Waals surface area contributed by atoms with Crippen molar-refractivity contribution in [3.05, 3.63) is 41.0 Å². The van der Waals surface area contributed by atoms with Gasteiger partial charge in [-0.1, -0.05) is 23.7 Å². The standard InChI is InChI=1S/C17H18ClN3O4/c18-12-3-1-11(2-4-12)13-9-14(21-20-13)16(24)19-17(10-15(22)23)5-7-25-8-6-17/h1-4,9H,5-8,10H2,(H,19,24)(H,20,21)(H,22,23). The van der Waals surface area contributed by atoms with E-state index in [1.165, 1.54) is 0 Å². The van der Waals surface area contributed by atoms with Crippen molar-refractivity contribution >= 4 is 23.5 Å². The number of nitrogens with one attached hydrogen (secondary N) is 2. The zero-order valence-electron chi connectivity index (χ0n) is 13.4. The fourth-order valence-electron chi connectivity index (χ4n) is 2.91. The van der Waals surface area contributed by atoms with Crippen LogP contribution in [0.25, 0.3) is 11.3 Å². The number of carboxylic acids is 1. The minimum absolute atomic E-state index is 0.139. The molecule has 1 aromatic heterocycles. The van der Waals surface area contributed by atoms with Crippen LogP contribution in [0, 0.1) is 0 Å². The maximum Gasteiger partial charge on any atom is 0.305 e. The van der Waals surface area contributed by atoms with Crippen molar-refractivity contribution in [3.63, 3.8) is 0 Å². The first-order valence-corrected chi connectivity index (χ1v) is 8.29. The summed E-state index contributed by atoms with van der Waals surface area (Å²) in [6.45, 7) is 0.846. The second kappa shape index (κ2) is 7.25. The van der Waals surface area contributed by atoms with Crippen LogP contribution >= 0.6 is 11.6 Å². The van der Waals surface area contributed by atoms with E-state index in [0.717, 1.165) is 5.56 Å². The third kappa shape index (κ3) is 4.18. The largest absolute Gasteiger partial charge is 0.481 e. The Morgan fingerprint density at radius 1 is 1.28 bits per heavy atom. The Balaban J connectivity index is 1.76. The molecule has 2 aromatic rings. The molecule has 0 radical (unpaired) electrons. The van der Waals surface area contributed by atoms with Crippen LogP contribution in [-0.2, 0) is 9.53 Å². The number of carboxylic acid groups (broad SMARTS) is 1. The van der Waals surface area contributed by atoms with Gasteiger partial charge in [0.25, 0.3) is 5.91 Å². The van der Waals surface area contributed by atoms with Crippen LogP contribution in [0.1, 0.15) is 29.8 Å². The third-order valence-corrected chi connectivity index (χ3v) is 4.53. The molecular weight excluding hydrogens is 346 g/mol. The minimum atomic E-state index is -0.950. The lowest BCUT2D eigenvalue weighted by atomic mass is 9.86. The quantitative estimate of drug-likeness (QED) is 0.757. The van der Waals surface area contributed by atoms with Crippen molar-refractivity contribution < 1.29 is 19.4 Å². The lowest BCUT2D eigenvalue weighted by Gasteiger charge is -2.36. The summed E-state index contributed by atoms with van der Waals surface area (Å²) in [7, 11) is 0. The smallest absolute Gasteiger partial charge is 0.305 e. The molecular formula is C17H18ClN3O4. The fourth-order valence-corrected chi connectivity index (χ4v) is 3.04. The van der Waals surface area contributed by atoms with Crippen LogP contribution in [0.4, 0.5) is 0 Å². The van der Waals surface area contributed by atoms with Gasteiger partial charge in [-0.05, 0) is 31.0 Å². The number of aromatic amines is 1. The molecule has 2 heterocycles. The minimum Gasteiger partial charge on any atom is -0.481 e. The van der Waals surface area contributed by atoms with Crippen molar-refractivity contribution in [1.82, 2.24) is 15.5 Å². The Labute approximate surface area is 149 Å². The Kier molecular flexibility index (Phi) is 5.06. The van der Waals surface area contributed by atoms with E-state index in [9.17, 15) is 9.59 Å². The molecule has 0 unspecified atom stereocenters. The van der Waals surface area contributed by atoms with E-state index in [-0.39, 0.29) is 18.0 Å². The predicted octanol–water partition coefficient (Wildman–Crippen LogP) is 2.48. The van der Waals surface area contributed by atoms with Gasteiger partial charge in [-0.2, -0.15) is 5.10 Å². The molecule has 0 saturated carbocycles. The topological polar surface area (TPSA) is 104 Å². The molecule has 0 spiro atoms. The maximum atomic E-state index is 12.6. The molecule has 132 valence electrons. The molecule has 1 amide bonds. The average Bonchev–Trinajstić information content (AvgIpc) is 3.05. The van der Waals surface area contributed by atoms with Crippen molar-refractivity contribution in [2.75, 3.05) is 13.2 Å². The molecule has 7 nitrogen and oxygen atoms in total. The summed E-state index contributed by atoms with van der Waals surface area (Å²) < 4.78 is 5.29. The van der Waals surface area contributed by atoms with Gasteiger partial charge in [0.05, 0.1) is 17.7 Å². The van der Waals surface area contributed by atoms with Gasteiger partial charge in [0, 0.05) is 23.8 Å². The molecule has 1 aliphatic rings. The number of hydrogen-bond acceptors (Lipinski definition) is 4. The van der Waals surface area contributed by atoms with Crippen molar-refractivity contribution in [1.29, 1.82) is 0 Å². The molecule has 1 fully saturated rings. The van der Waals surface area contributed by atoms with Crippen molar-refractivity contribution in [2.45, 2.75) is 24.8 Å². The first-order valence-electron chi connectivity index (χ1n) is 7.91. The number of benzene rings is 1. The number of nitrogens with zero attached hydrogens (tertiary/aromatic N) is 1. The molecule has 1 aromatic carbocycles. The normalized spacial score (nSPS) is 16.4. The summed E-state index contributed by atoms with van der Waals surface area (Å²) in [6, 6.07) is 8.74. The van der Waals surface area contributed by atoms with Gasteiger partial charge in [0.15, 0.2) is 0 Å². The summed E-state index contributed by atoms with van der Waals surface area (Å²) in [4.78, 5) is 23.7. The van der Waals surface area contributed by atoms with Crippen LogP contribution in [-0.4, -0.2) is 45.9 Å². The monoisotopic (exact) mass is 363 g/mol. The van der Waals surface area contributed by atoms with Gasteiger partial charge >= 0.3 is 5.97 Å². The highest BCUT2D eigenvalue weighted by molar-refractivity contribution is 6.30. The molecule has 0 bridgehead atoms. The van der Waals surface area contributed by atoms with E-state index in [1.54, 1.807) is 18.2 Å². The summed E-state index contributed by atoms with van der Waals surface area (Å²) in [5.41, 5.74) is 0.917. The second-order valence-corrected chi connectivity index (χ2v) is 6.53. The van der Waals surface area contributed by atoms with Crippen LogP contribution in [0.5, 0.6) is 0 Å². The Morgan fingerprint density at radius 2 is 1.96 bits per heavy atom. The van der Waals surface area contributed by atoms with Gasteiger partial charge in [0.1, 0.15) is 5.69 Å². The number of aromatic nitrogens is 2. The van der Waals surface area contributed by atoms with E-state index in [1.807, 2.05) is 12.1 Å². The lowest BCUT2D eigenvalue weighted by Crippen LogP contribution is -2.53. The first kappa shape index (κ1) is 17.4. The highest BCUT2D eigenvalue weighted by atomic mass is 35.5. The summed E-state index contributed by atoms with van der Waals surface area (Å²) in [5.74, 6) is -1.33. The van der Waals surface area contributed by atoms with Gasteiger partial charge in [-0.3, -0.25) is 14.7 Å².